The van der Waals surface area contributed by atoms with Crippen LogP contribution in [0.15, 0.2) is 0 Å². The summed E-state index contributed by atoms with van der Waals surface area (Å²) in [5.74, 6) is 0. The molecule has 0 bridgehead atoms. The molecule has 0 fully saturated rings. The second-order valence-corrected chi connectivity index (χ2v) is 2.17. The number of aliphatic hydroxyl groups excluding tert-OH is 1. The SMILES string of the molecule is CCCCOC(=O)ONCCO. The minimum atomic E-state index is -0.753. The zero-order valence-electron chi connectivity index (χ0n) is 7.21. The lowest BCUT2D eigenvalue weighted by atomic mass is 10.4. The minimum Gasteiger partial charge on any atom is -0.433 e. The number of hydrogen-bond acceptors (Lipinski definition) is 5. The highest BCUT2D eigenvalue weighted by atomic mass is 16.8. The fourth-order valence-corrected chi connectivity index (χ4v) is 0.485. The molecule has 0 aliphatic rings. The van der Waals surface area contributed by atoms with Crippen molar-refractivity contribution in [2.75, 3.05) is 19.8 Å². The first-order valence-corrected chi connectivity index (χ1v) is 3.98. The number of unbranched alkanes of at least 4 members (excludes halogenated alkanes) is 1. The number of nitrogens with one attached hydrogen (secondary N) is 1. The van der Waals surface area contributed by atoms with Crippen LogP contribution in [-0.4, -0.2) is 31.0 Å². The van der Waals surface area contributed by atoms with E-state index in [1.165, 1.54) is 0 Å². The second kappa shape index (κ2) is 8.29. The molecule has 12 heavy (non-hydrogen) atoms. The highest BCUT2D eigenvalue weighted by molar-refractivity contribution is 5.59. The maximum atomic E-state index is 10.6. The van der Waals surface area contributed by atoms with E-state index in [2.05, 4.69) is 15.1 Å². The second-order valence-electron chi connectivity index (χ2n) is 2.17. The van der Waals surface area contributed by atoms with Gasteiger partial charge in [0.1, 0.15) is 0 Å². The zero-order valence-corrected chi connectivity index (χ0v) is 7.21. The standard InChI is InChI=1S/C7H15NO4/c1-2-3-6-11-7(10)12-8-4-5-9/h8-9H,2-6H2,1H3. The quantitative estimate of drug-likeness (QED) is 0.350. The molecule has 0 amide bonds. The lowest BCUT2D eigenvalue weighted by Gasteiger charge is -2.04. The predicted molar refractivity (Wildman–Crippen MR) is 42.4 cm³/mol. The third kappa shape index (κ3) is 7.30. The number of carbonyl (C=O) groups is 1. The monoisotopic (exact) mass is 177 g/mol. The van der Waals surface area contributed by atoms with Gasteiger partial charge in [-0.25, -0.2) is 4.79 Å². The molecule has 72 valence electrons. The van der Waals surface area contributed by atoms with Crippen molar-refractivity contribution in [3.63, 3.8) is 0 Å². The third-order valence-electron chi connectivity index (χ3n) is 1.09. The van der Waals surface area contributed by atoms with E-state index in [1.807, 2.05) is 6.92 Å². The molecule has 2 N–H and O–H groups in total. The van der Waals surface area contributed by atoms with Crippen LogP contribution in [0.25, 0.3) is 0 Å². The maximum absolute atomic E-state index is 10.6. The number of hydrogen-bond donors (Lipinski definition) is 2. The molecule has 5 nitrogen and oxygen atoms in total. The summed E-state index contributed by atoms with van der Waals surface area (Å²) in [5, 5.41) is 8.30. The fourth-order valence-electron chi connectivity index (χ4n) is 0.485. The van der Waals surface area contributed by atoms with Crippen molar-refractivity contribution in [3.8, 4) is 0 Å². The van der Waals surface area contributed by atoms with E-state index in [-0.39, 0.29) is 13.2 Å². The molecule has 0 spiro atoms. The maximum Gasteiger partial charge on any atom is 0.527 e. The molecule has 0 heterocycles. The largest absolute Gasteiger partial charge is 0.527 e. The van der Waals surface area contributed by atoms with Gasteiger partial charge < -0.3 is 14.7 Å². The Labute approximate surface area is 71.6 Å². The molecule has 0 saturated heterocycles. The number of rotatable bonds is 6. The van der Waals surface area contributed by atoms with Crippen LogP contribution in [0.5, 0.6) is 0 Å². The Morgan fingerprint density at radius 1 is 1.58 bits per heavy atom. The first-order valence-electron chi connectivity index (χ1n) is 3.98. The molecule has 0 rings (SSSR count). The Morgan fingerprint density at radius 2 is 2.33 bits per heavy atom. The minimum absolute atomic E-state index is 0.0811. The summed E-state index contributed by atoms with van der Waals surface area (Å²) in [7, 11) is 0. The van der Waals surface area contributed by atoms with Gasteiger partial charge >= 0.3 is 6.16 Å². The van der Waals surface area contributed by atoms with Gasteiger partial charge in [-0.1, -0.05) is 13.3 Å². The number of ether oxygens (including phenoxy) is 1. The molecule has 0 aliphatic carbocycles. The molecular weight excluding hydrogens is 162 g/mol. The van der Waals surface area contributed by atoms with Gasteiger partial charge in [-0.2, -0.15) is 0 Å². The summed E-state index contributed by atoms with van der Waals surface area (Å²) in [5.41, 5.74) is 2.24. The van der Waals surface area contributed by atoms with Crippen molar-refractivity contribution in [2.45, 2.75) is 19.8 Å². The van der Waals surface area contributed by atoms with E-state index in [0.717, 1.165) is 12.8 Å². The Morgan fingerprint density at radius 3 is 2.92 bits per heavy atom. The molecule has 5 heteroatoms. The summed E-state index contributed by atoms with van der Waals surface area (Å²) in [6, 6.07) is 0. The Kier molecular flexibility index (Phi) is 7.73. The van der Waals surface area contributed by atoms with Crippen molar-refractivity contribution in [3.05, 3.63) is 0 Å². The fraction of sp³-hybridized carbons (Fsp3) is 0.857. The summed E-state index contributed by atoms with van der Waals surface area (Å²) >= 11 is 0. The lowest BCUT2D eigenvalue weighted by Crippen LogP contribution is -2.23. The van der Waals surface area contributed by atoms with Crippen LogP contribution in [0.3, 0.4) is 0 Å². The van der Waals surface area contributed by atoms with Crippen LogP contribution in [-0.2, 0) is 9.57 Å². The van der Waals surface area contributed by atoms with E-state index in [9.17, 15) is 4.79 Å². The molecule has 0 radical (unpaired) electrons. The van der Waals surface area contributed by atoms with Crippen LogP contribution in [0.2, 0.25) is 0 Å². The predicted octanol–water partition coefficient (Wildman–Crippen LogP) is 0.437. The van der Waals surface area contributed by atoms with Gasteiger partial charge in [-0.15, -0.1) is 5.48 Å². The molecule has 0 saturated carbocycles. The van der Waals surface area contributed by atoms with E-state index < -0.39 is 6.16 Å². The summed E-state index contributed by atoms with van der Waals surface area (Å²) < 4.78 is 4.62. The smallest absolute Gasteiger partial charge is 0.433 e. The Hall–Kier alpha value is -0.810. The van der Waals surface area contributed by atoms with Crippen molar-refractivity contribution in [1.82, 2.24) is 5.48 Å². The highest BCUT2D eigenvalue weighted by Gasteiger charge is 2.01. The van der Waals surface area contributed by atoms with Gasteiger partial charge in [0, 0.05) is 0 Å². The molecule has 0 aliphatic heterocycles. The van der Waals surface area contributed by atoms with Crippen LogP contribution < -0.4 is 5.48 Å². The van der Waals surface area contributed by atoms with Crippen molar-refractivity contribution in [2.24, 2.45) is 0 Å². The first-order chi connectivity index (χ1) is 5.81. The average Bonchev–Trinajstić information content (AvgIpc) is 2.06. The Balaban J connectivity index is 3.10. The lowest BCUT2D eigenvalue weighted by molar-refractivity contribution is 0.0121. The van der Waals surface area contributed by atoms with Crippen LogP contribution in [0.1, 0.15) is 19.8 Å². The number of carbonyl (C=O) groups excluding carboxylic acids is 1. The van der Waals surface area contributed by atoms with Gasteiger partial charge in [0.25, 0.3) is 0 Å². The number of aliphatic hydroxyl groups is 1. The topological polar surface area (TPSA) is 67.8 Å². The van der Waals surface area contributed by atoms with Gasteiger partial charge in [-0.3, -0.25) is 0 Å². The summed E-state index contributed by atoms with van der Waals surface area (Å²) in [6.07, 6.45) is 1.05. The third-order valence-corrected chi connectivity index (χ3v) is 1.09. The summed E-state index contributed by atoms with van der Waals surface area (Å²) in [6.45, 7) is 2.50. The van der Waals surface area contributed by atoms with Crippen LogP contribution in [0.4, 0.5) is 4.79 Å². The van der Waals surface area contributed by atoms with Crippen molar-refractivity contribution in [1.29, 1.82) is 0 Å². The van der Waals surface area contributed by atoms with E-state index in [1.54, 1.807) is 0 Å². The van der Waals surface area contributed by atoms with E-state index >= 15 is 0 Å². The van der Waals surface area contributed by atoms with Crippen molar-refractivity contribution >= 4 is 6.16 Å². The van der Waals surface area contributed by atoms with Gasteiger partial charge in [-0.05, 0) is 6.42 Å². The molecule has 0 aromatic rings. The van der Waals surface area contributed by atoms with Gasteiger partial charge in [0.05, 0.1) is 19.8 Å². The van der Waals surface area contributed by atoms with Crippen LogP contribution >= 0.6 is 0 Å². The van der Waals surface area contributed by atoms with E-state index in [0.29, 0.717) is 6.61 Å². The highest BCUT2D eigenvalue weighted by Crippen LogP contribution is 1.89. The van der Waals surface area contributed by atoms with E-state index in [4.69, 9.17) is 5.11 Å². The normalized spacial score (nSPS) is 9.50. The zero-order chi connectivity index (χ0) is 9.23. The van der Waals surface area contributed by atoms with Crippen LogP contribution in [0, 0.1) is 0 Å². The molecule has 0 aromatic carbocycles. The summed E-state index contributed by atoms with van der Waals surface area (Å²) in [4.78, 5) is 15.0. The molecular formula is C7H15NO4. The molecule has 0 aromatic heterocycles. The first kappa shape index (κ1) is 11.2. The molecule has 0 unspecified atom stereocenters. The Bertz CT molecular complexity index is 106. The molecule has 0 atom stereocenters. The van der Waals surface area contributed by atoms with Gasteiger partial charge in [0.2, 0.25) is 0 Å². The van der Waals surface area contributed by atoms with Gasteiger partial charge in [0.15, 0.2) is 0 Å². The van der Waals surface area contributed by atoms with Crippen molar-refractivity contribution < 1.29 is 19.5 Å². The number of hydroxylamine groups is 1. The average molecular weight is 177 g/mol.